The third-order valence-corrected chi connectivity index (χ3v) is 5.57. The van der Waals surface area contributed by atoms with Gasteiger partial charge < -0.3 is 4.90 Å². The van der Waals surface area contributed by atoms with Crippen molar-refractivity contribution in [3.63, 3.8) is 0 Å². The lowest BCUT2D eigenvalue weighted by atomic mass is 10.1. The molecule has 0 amide bonds. The van der Waals surface area contributed by atoms with Crippen LogP contribution in [0.25, 0.3) is 11.0 Å². The van der Waals surface area contributed by atoms with Gasteiger partial charge in [-0.2, -0.15) is 5.10 Å². The molecule has 2 aromatic heterocycles. The van der Waals surface area contributed by atoms with Gasteiger partial charge in [-0.05, 0) is 31.2 Å². The molecule has 7 nitrogen and oxygen atoms in total. The Labute approximate surface area is 163 Å². The van der Waals surface area contributed by atoms with Crippen LogP contribution in [0.15, 0.2) is 39.9 Å². The zero-order valence-electron chi connectivity index (χ0n) is 16.4. The SMILES string of the molecule is Cn1c(=O)[nH]c(=O)c2c1c(N1CCCCCC1)nn2CCCc1ccccc1. The van der Waals surface area contributed by atoms with Gasteiger partial charge in [-0.15, -0.1) is 0 Å². The van der Waals surface area contributed by atoms with Gasteiger partial charge in [0.15, 0.2) is 11.3 Å². The number of H-pyrrole nitrogens is 1. The number of aromatic amines is 1. The molecule has 4 rings (SSSR count). The number of fused-ring (bicyclic) bond motifs is 1. The molecule has 3 aromatic rings. The highest BCUT2D eigenvalue weighted by Gasteiger charge is 2.22. The molecule has 1 N–H and O–H groups in total. The topological polar surface area (TPSA) is 75.9 Å². The van der Waals surface area contributed by atoms with Crippen molar-refractivity contribution in [1.82, 2.24) is 19.3 Å². The fourth-order valence-corrected chi connectivity index (χ4v) is 4.05. The van der Waals surface area contributed by atoms with Crippen molar-refractivity contribution in [3.05, 3.63) is 56.7 Å². The van der Waals surface area contributed by atoms with E-state index in [4.69, 9.17) is 5.10 Å². The lowest BCUT2D eigenvalue weighted by molar-refractivity contribution is 0.590. The van der Waals surface area contributed by atoms with Crippen molar-refractivity contribution < 1.29 is 0 Å². The molecule has 0 unspecified atom stereocenters. The lowest BCUT2D eigenvalue weighted by Gasteiger charge is -2.20. The number of aryl methyl sites for hydroxylation is 3. The molecule has 28 heavy (non-hydrogen) atoms. The second kappa shape index (κ2) is 8.04. The standard InChI is InChI=1S/C21H27N5O2/c1-24-17-18(20(27)22-21(24)28)26(15-9-12-16-10-5-4-6-11-16)23-19(17)25-13-7-2-3-8-14-25/h4-6,10-11H,2-3,7-9,12-15H2,1H3,(H,22,27,28). The van der Waals surface area contributed by atoms with Gasteiger partial charge in [0.2, 0.25) is 0 Å². The van der Waals surface area contributed by atoms with Crippen LogP contribution < -0.4 is 16.1 Å². The van der Waals surface area contributed by atoms with E-state index < -0.39 is 5.69 Å². The van der Waals surface area contributed by atoms with Crippen molar-refractivity contribution >= 4 is 16.9 Å². The van der Waals surface area contributed by atoms with E-state index in [0.717, 1.165) is 44.6 Å². The van der Waals surface area contributed by atoms with Crippen molar-refractivity contribution in [1.29, 1.82) is 0 Å². The Morgan fingerprint density at radius 2 is 1.71 bits per heavy atom. The molecule has 1 aromatic carbocycles. The predicted octanol–water partition coefficient (Wildman–Crippen LogP) is 2.44. The second-order valence-corrected chi connectivity index (χ2v) is 7.55. The zero-order chi connectivity index (χ0) is 19.5. The Hall–Kier alpha value is -2.83. The molecular formula is C21H27N5O2. The van der Waals surface area contributed by atoms with Gasteiger partial charge in [0, 0.05) is 26.7 Å². The Bertz CT molecular complexity index is 1060. The molecule has 0 atom stereocenters. The maximum atomic E-state index is 12.6. The van der Waals surface area contributed by atoms with Crippen LogP contribution >= 0.6 is 0 Å². The summed E-state index contributed by atoms with van der Waals surface area (Å²) in [5.41, 5.74) is 1.67. The van der Waals surface area contributed by atoms with E-state index in [1.807, 2.05) is 18.2 Å². The fraction of sp³-hybridized carbons (Fsp3) is 0.476. The highest BCUT2D eigenvalue weighted by molar-refractivity contribution is 5.86. The van der Waals surface area contributed by atoms with E-state index in [1.165, 1.54) is 23.0 Å². The van der Waals surface area contributed by atoms with Crippen LogP contribution in [0.3, 0.4) is 0 Å². The second-order valence-electron chi connectivity index (χ2n) is 7.55. The van der Waals surface area contributed by atoms with Crippen molar-refractivity contribution in [2.45, 2.75) is 45.1 Å². The zero-order valence-corrected chi connectivity index (χ0v) is 16.4. The van der Waals surface area contributed by atoms with E-state index in [9.17, 15) is 9.59 Å². The van der Waals surface area contributed by atoms with E-state index in [2.05, 4.69) is 22.0 Å². The molecule has 0 spiro atoms. The Morgan fingerprint density at radius 3 is 2.43 bits per heavy atom. The molecule has 1 saturated heterocycles. The highest BCUT2D eigenvalue weighted by Crippen LogP contribution is 2.25. The van der Waals surface area contributed by atoms with Gasteiger partial charge in [-0.1, -0.05) is 43.2 Å². The number of hydrogen-bond acceptors (Lipinski definition) is 4. The predicted molar refractivity (Wildman–Crippen MR) is 111 cm³/mol. The third-order valence-electron chi connectivity index (χ3n) is 5.57. The smallest absolute Gasteiger partial charge is 0.328 e. The monoisotopic (exact) mass is 381 g/mol. The largest absolute Gasteiger partial charge is 0.353 e. The fourth-order valence-electron chi connectivity index (χ4n) is 4.05. The molecule has 1 aliphatic rings. The van der Waals surface area contributed by atoms with E-state index in [1.54, 1.807) is 11.7 Å². The summed E-state index contributed by atoms with van der Waals surface area (Å²) in [7, 11) is 1.71. The first-order chi connectivity index (χ1) is 13.6. The lowest BCUT2D eigenvalue weighted by Crippen LogP contribution is -2.30. The Morgan fingerprint density at radius 1 is 1.00 bits per heavy atom. The molecule has 0 aliphatic carbocycles. The summed E-state index contributed by atoms with van der Waals surface area (Å²) in [6, 6.07) is 10.3. The van der Waals surface area contributed by atoms with Crippen molar-refractivity contribution in [2.24, 2.45) is 7.05 Å². The number of nitrogens with one attached hydrogen (secondary N) is 1. The average molecular weight is 381 g/mol. The number of anilines is 1. The molecule has 3 heterocycles. The van der Waals surface area contributed by atoms with Gasteiger partial charge in [0.1, 0.15) is 5.52 Å². The van der Waals surface area contributed by atoms with E-state index >= 15 is 0 Å². The molecular weight excluding hydrogens is 354 g/mol. The molecule has 1 aliphatic heterocycles. The Balaban J connectivity index is 1.70. The summed E-state index contributed by atoms with van der Waals surface area (Å²) in [4.78, 5) is 29.5. The summed E-state index contributed by atoms with van der Waals surface area (Å²) >= 11 is 0. The van der Waals surface area contributed by atoms with E-state index in [-0.39, 0.29) is 5.56 Å². The normalized spacial score (nSPS) is 15.1. The third kappa shape index (κ3) is 3.61. The van der Waals surface area contributed by atoms with Gasteiger partial charge in [0.05, 0.1) is 0 Å². The van der Waals surface area contributed by atoms with Crippen LogP contribution in [0.2, 0.25) is 0 Å². The van der Waals surface area contributed by atoms with Gasteiger partial charge in [-0.3, -0.25) is 19.0 Å². The summed E-state index contributed by atoms with van der Waals surface area (Å²) < 4.78 is 3.31. The summed E-state index contributed by atoms with van der Waals surface area (Å²) in [6.45, 7) is 2.47. The number of hydrogen-bond donors (Lipinski definition) is 1. The average Bonchev–Trinajstić information content (AvgIpc) is 2.88. The van der Waals surface area contributed by atoms with Crippen LogP contribution in [0.1, 0.15) is 37.7 Å². The van der Waals surface area contributed by atoms with Gasteiger partial charge >= 0.3 is 5.69 Å². The number of rotatable bonds is 5. The summed E-state index contributed by atoms with van der Waals surface area (Å²) in [6.07, 6.45) is 6.45. The highest BCUT2D eigenvalue weighted by atomic mass is 16.2. The van der Waals surface area contributed by atoms with Gasteiger partial charge in [-0.25, -0.2) is 4.79 Å². The first kappa shape index (κ1) is 18.5. The van der Waals surface area contributed by atoms with E-state index in [0.29, 0.717) is 17.6 Å². The first-order valence-electron chi connectivity index (χ1n) is 10.1. The number of benzene rings is 1. The molecule has 148 valence electrons. The minimum absolute atomic E-state index is 0.355. The van der Waals surface area contributed by atoms with Crippen LogP contribution in [0, 0.1) is 0 Å². The molecule has 1 fully saturated rings. The molecule has 0 saturated carbocycles. The van der Waals surface area contributed by atoms with Crippen molar-refractivity contribution in [2.75, 3.05) is 18.0 Å². The molecule has 7 heteroatoms. The van der Waals surface area contributed by atoms with Crippen LogP contribution in [-0.2, 0) is 20.0 Å². The maximum absolute atomic E-state index is 12.6. The quantitative estimate of drug-likeness (QED) is 0.736. The van der Waals surface area contributed by atoms with Gasteiger partial charge in [0.25, 0.3) is 5.56 Å². The van der Waals surface area contributed by atoms with Crippen LogP contribution in [0.5, 0.6) is 0 Å². The summed E-state index contributed by atoms with van der Waals surface area (Å²) in [5.74, 6) is 0.766. The number of aromatic nitrogens is 4. The number of nitrogens with zero attached hydrogens (tertiary/aromatic N) is 4. The first-order valence-corrected chi connectivity index (χ1v) is 10.1. The van der Waals surface area contributed by atoms with Crippen LogP contribution in [0.4, 0.5) is 5.82 Å². The summed E-state index contributed by atoms with van der Waals surface area (Å²) in [5, 5.41) is 4.81. The minimum Gasteiger partial charge on any atom is -0.353 e. The minimum atomic E-state index is -0.391. The maximum Gasteiger partial charge on any atom is 0.328 e. The molecule has 0 bridgehead atoms. The van der Waals surface area contributed by atoms with Crippen molar-refractivity contribution in [3.8, 4) is 0 Å². The molecule has 0 radical (unpaired) electrons. The van der Waals surface area contributed by atoms with Crippen LogP contribution in [-0.4, -0.2) is 32.4 Å². The Kier molecular flexibility index (Phi) is 5.32.